The highest BCUT2D eigenvalue weighted by atomic mass is 32.2. The molecule has 5 rings (SSSR count). The Kier molecular flexibility index (Phi) is 15.4. The Morgan fingerprint density at radius 3 is 1.67 bits per heavy atom. The molecular formula is C45H53NO10S. The Hall–Kier alpha value is -5.46. The van der Waals surface area contributed by atoms with Gasteiger partial charge in [-0.3, -0.25) is 9.52 Å². The van der Waals surface area contributed by atoms with Crippen LogP contribution in [0.2, 0.25) is 0 Å². The predicted molar refractivity (Wildman–Crippen MR) is 226 cm³/mol. The van der Waals surface area contributed by atoms with Gasteiger partial charge in [0.25, 0.3) is 0 Å². The zero-order valence-corrected chi connectivity index (χ0v) is 34.2. The van der Waals surface area contributed by atoms with Crippen molar-refractivity contribution >= 4 is 38.5 Å². The minimum atomic E-state index is -2.74. The fraction of sp³-hybridized carbons (Fsp3) is 0.356. The molecule has 5 aromatic rings. The second kappa shape index (κ2) is 20.6. The summed E-state index contributed by atoms with van der Waals surface area (Å²) in [5.41, 5.74) is 5.31. The van der Waals surface area contributed by atoms with E-state index < -0.39 is 16.3 Å². The topological polar surface area (TPSA) is 154 Å². The number of aliphatic hydroxyl groups excluding tert-OH is 1. The molecule has 0 amide bonds. The van der Waals surface area contributed by atoms with Crippen molar-refractivity contribution < 1.29 is 42.0 Å². The Bertz CT molecular complexity index is 2330. The van der Waals surface area contributed by atoms with Gasteiger partial charge in [-0.2, -0.15) is 0 Å². The Morgan fingerprint density at radius 1 is 0.684 bits per heavy atom. The number of thiol groups is 1. The van der Waals surface area contributed by atoms with E-state index in [4.69, 9.17) is 23.4 Å². The van der Waals surface area contributed by atoms with Crippen LogP contribution in [0.25, 0.3) is 21.9 Å². The average molecular weight is 800 g/mol. The van der Waals surface area contributed by atoms with E-state index >= 15 is 0 Å². The second-order valence-corrected chi connectivity index (χ2v) is 15.1. The third kappa shape index (κ3) is 11.8. The maximum absolute atomic E-state index is 14.5. The fourth-order valence-corrected chi connectivity index (χ4v) is 6.61. The van der Waals surface area contributed by atoms with Crippen LogP contribution in [0, 0.1) is 6.92 Å². The van der Waals surface area contributed by atoms with E-state index in [1.165, 1.54) is 5.56 Å². The number of hydrogen-bond donors (Lipinski definition) is 4. The number of allylic oxidation sites excluding steroid dienone is 4. The van der Waals surface area contributed by atoms with E-state index in [-0.39, 0.29) is 34.3 Å². The molecule has 4 aromatic carbocycles. The van der Waals surface area contributed by atoms with Gasteiger partial charge in [-0.15, -0.1) is 0 Å². The molecule has 0 radical (unpaired) electrons. The van der Waals surface area contributed by atoms with Gasteiger partial charge in [-0.1, -0.05) is 41.0 Å². The molecule has 57 heavy (non-hydrogen) atoms. The molecule has 0 saturated carbocycles. The number of aryl methyl sites for hydroxylation is 1. The minimum absolute atomic E-state index is 0.0567. The van der Waals surface area contributed by atoms with Gasteiger partial charge in [0.05, 0.1) is 38.4 Å². The van der Waals surface area contributed by atoms with Crippen LogP contribution < -0.4 is 29.1 Å². The van der Waals surface area contributed by atoms with Gasteiger partial charge in [0.15, 0.2) is 0 Å². The number of rotatable bonds is 21. The SMILES string of the molecule is CC(C)=CCc1c(OCCCCOc2ccc(C)cc2)cc2oc3cc(OCCCCOc4ccc(N[SH](=O)=O)cc4)c(CO)c(CC=C(C)C)c3c(=O)c2c1O. The van der Waals surface area contributed by atoms with Crippen LogP contribution in [0.15, 0.2) is 93.2 Å². The van der Waals surface area contributed by atoms with Crippen LogP contribution in [-0.4, -0.2) is 45.1 Å². The molecule has 0 atom stereocenters. The quantitative estimate of drug-likeness (QED) is 0.0245. The van der Waals surface area contributed by atoms with Crippen molar-refractivity contribution in [1.29, 1.82) is 0 Å². The number of anilines is 1. The van der Waals surface area contributed by atoms with Crippen LogP contribution >= 0.6 is 0 Å². The van der Waals surface area contributed by atoms with Crippen molar-refractivity contribution in [2.24, 2.45) is 0 Å². The molecule has 0 aliphatic rings. The predicted octanol–water partition coefficient (Wildman–Crippen LogP) is 8.88. The summed E-state index contributed by atoms with van der Waals surface area (Å²) in [6, 6.07) is 17.9. The largest absolute Gasteiger partial charge is 0.507 e. The van der Waals surface area contributed by atoms with Crippen LogP contribution in [0.3, 0.4) is 0 Å². The number of fused-ring (bicyclic) bond motifs is 2. The van der Waals surface area contributed by atoms with E-state index in [0.29, 0.717) is 98.2 Å². The highest BCUT2D eigenvalue weighted by Crippen LogP contribution is 2.39. The number of unbranched alkanes of at least 4 members (excludes halogenated alkanes) is 2. The summed E-state index contributed by atoms with van der Waals surface area (Å²) >= 11 is 0. The monoisotopic (exact) mass is 799 g/mol. The lowest BCUT2D eigenvalue weighted by molar-refractivity contribution is 0.249. The molecule has 0 fully saturated rings. The molecule has 3 N–H and O–H groups in total. The summed E-state index contributed by atoms with van der Waals surface area (Å²) in [6.07, 6.45) is 7.41. The number of benzene rings is 4. The molecule has 1 heterocycles. The lowest BCUT2D eigenvalue weighted by atomic mass is 9.95. The molecular weight excluding hydrogens is 747 g/mol. The third-order valence-corrected chi connectivity index (χ3v) is 9.73. The van der Waals surface area contributed by atoms with Crippen molar-refractivity contribution in [2.45, 2.75) is 79.8 Å². The molecule has 0 aliphatic carbocycles. The van der Waals surface area contributed by atoms with Crippen LogP contribution in [0.4, 0.5) is 5.69 Å². The molecule has 304 valence electrons. The van der Waals surface area contributed by atoms with E-state index in [2.05, 4.69) is 4.72 Å². The lowest BCUT2D eigenvalue weighted by Crippen LogP contribution is -2.12. The van der Waals surface area contributed by atoms with Gasteiger partial charge in [0.2, 0.25) is 16.3 Å². The second-order valence-electron chi connectivity index (χ2n) is 14.4. The number of phenolic OH excluding ortho intramolecular Hbond substituents is 1. The van der Waals surface area contributed by atoms with Crippen molar-refractivity contribution in [3.63, 3.8) is 0 Å². The standard InChI is InChI=1S/C45H53NO10S/c1-29(2)10-20-35-37(28-47)39(55-25-9-7-23-53-34-18-14-32(15-19-34)46-57(50)51)27-40-42(35)45(49)43-41(56-40)26-38(36(44(43)48)21-11-30(3)4)54-24-8-6-22-52-33-16-12-31(5)13-17-33/h10-19,26-27,47-48,57H,6-9,20-25,28H2,1-5H3,(H,46,50,51). The van der Waals surface area contributed by atoms with Crippen LogP contribution in [-0.2, 0) is 30.3 Å². The molecule has 11 nitrogen and oxygen atoms in total. The molecule has 0 saturated heterocycles. The normalized spacial score (nSPS) is 11.1. The zero-order chi connectivity index (χ0) is 40.9. The van der Waals surface area contributed by atoms with Crippen molar-refractivity contribution in [3.05, 3.63) is 116 Å². The van der Waals surface area contributed by atoms with Gasteiger partial charge in [-0.05, 0) is 115 Å². The fourth-order valence-electron chi connectivity index (χ4n) is 6.25. The number of aliphatic hydroxyl groups is 1. The number of phenols is 1. The first-order chi connectivity index (χ1) is 27.4. The molecule has 0 aliphatic heterocycles. The third-order valence-electron chi connectivity index (χ3n) is 9.29. The van der Waals surface area contributed by atoms with E-state index in [9.17, 15) is 23.4 Å². The lowest BCUT2D eigenvalue weighted by Gasteiger charge is -2.18. The van der Waals surface area contributed by atoms with Gasteiger partial charge in [0, 0.05) is 28.9 Å². The van der Waals surface area contributed by atoms with Crippen molar-refractivity contribution in [3.8, 4) is 28.7 Å². The van der Waals surface area contributed by atoms with Crippen LogP contribution in [0.1, 0.15) is 75.6 Å². The maximum Gasteiger partial charge on any atom is 0.222 e. The summed E-state index contributed by atoms with van der Waals surface area (Å²) in [6.45, 7) is 11.1. The highest BCUT2D eigenvalue weighted by molar-refractivity contribution is 7.73. The van der Waals surface area contributed by atoms with Gasteiger partial charge in [0.1, 0.15) is 45.3 Å². The smallest absolute Gasteiger partial charge is 0.222 e. The van der Waals surface area contributed by atoms with E-state index in [1.807, 2.05) is 71.0 Å². The number of hydrogen-bond acceptors (Lipinski definition) is 10. The maximum atomic E-state index is 14.5. The Morgan fingerprint density at radius 2 is 1.16 bits per heavy atom. The summed E-state index contributed by atoms with van der Waals surface area (Å²) < 4.78 is 54.6. The highest BCUT2D eigenvalue weighted by Gasteiger charge is 2.24. The first-order valence-corrected chi connectivity index (χ1v) is 20.4. The summed E-state index contributed by atoms with van der Waals surface area (Å²) in [5, 5.41) is 22.7. The van der Waals surface area contributed by atoms with Gasteiger partial charge < -0.3 is 33.6 Å². The average Bonchev–Trinajstić information content (AvgIpc) is 3.17. The number of nitrogens with one attached hydrogen (secondary N) is 1. The van der Waals surface area contributed by atoms with Gasteiger partial charge in [-0.25, -0.2) is 8.42 Å². The molecule has 0 spiro atoms. The van der Waals surface area contributed by atoms with Crippen LogP contribution in [0.5, 0.6) is 28.7 Å². The summed E-state index contributed by atoms with van der Waals surface area (Å²) in [7, 11) is -2.74. The van der Waals surface area contributed by atoms with Crippen molar-refractivity contribution in [2.75, 3.05) is 31.1 Å². The molecule has 0 unspecified atom stereocenters. The van der Waals surface area contributed by atoms with E-state index in [1.54, 1.807) is 36.4 Å². The van der Waals surface area contributed by atoms with E-state index in [0.717, 1.165) is 23.3 Å². The number of ether oxygens (including phenoxy) is 4. The molecule has 1 aromatic heterocycles. The summed E-state index contributed by atoms with van der Waals surface area (Å²) in [4.78, 5) is 14.5. The molecule has 0 bridgehead atoms. The first kappa shape index (κ1) is 42.7. The number of aromatic hydroxyl groups is 1. The molecule has 12 heteroatoms. The Labute approximate surface area is 335 Å². The zero-order valence-electron chi connectivity index (χ0n) is 33.3. The van der Waals surface area contributed by atoms with Gasteiger partial charge >= 0.3 is 0 Å². The first-order valence-electron chi connectivity index (χ1n) is 19.2. The Balaban J connectivity index is 1.38. The van der Waals surface area contributed by atoms with Crippen molar-refractivity contribution in [1.82, 2.24) is 0 Å². The minimum Gasteiger partial charge on any atom is -0.507 e. The summed E-state index contributed by atoms with van der Waals surface area (Å²) in [5.74, 6) is 2.07.